The number of ketones is 1. The number of aryl methyl sites for hydroxylation is 2. The summed E-state index contributed by atoms with van der Waals surface area (Å²) < 4.78 is 5.12. The van der Waals surface area contributed by atoms with Gasteiger partial charge in [-0.1, -0.05) is 6.07 Å². The molecule has 1 aliphatic heterocycles. The van der Waals surface area contributed by atoms with Crippen LogP contribution >= 0.6 is 11.8 Å². The molecule has 29 heavy (non-hydrogen) atoms. The lowest BCUT2D eigenvalue weighted by Crippen LogP contribution is -2.23. The number of esters is 1. The number of anilines is 1. The van der Waals surface area contributed by atoms with E-state index in [-0.39, 0.29) is 30.7 Å². The van der Waals surface area contributed by atoms with Gasteiger partial charge in [-0.25, -0.2) is 0 Å². The standard InChI is InChI=1S/C23H25NO4S/c1-16-5-10-20(14-17(16)2)29-13-11-23(27)28-15-21(25)18-6-8-19(9-7-18)24-12-3-4-22(24)26/h5-10,14H,3-4,11-13,15H2,1-2H3. The Bertz CT molecular complexity index is 908. The first-order chi connectivity index (χ1) is 13.9. The van der Waals surface area contributed by atoms with Crippen molar-refractivity contribution in [2.24, 2.45) is 0 Å². The van der Waals surface area contributed by atoms with Crippen LogP contribution in [-0.4, -0.2) is 36.6 Å². The van der Waals surface area contributed by atoms with Crippen molar-refractivity contribution >= 4 is 35.1 Å². The molecule has 0 aromatic heterocycles. The molecule has 0 saturated carbocycles. The zero-order chi connectivity index (χ0) is 20.8. The number of hydrogen-bond acceptors (Lipinski definition) is 5. The Morgan fingerprint density at radius 3 is 2.48 bits per heavy atom. The number of amides is 1. The zero-order valence-corrected chi connectivity index (χ0v) is 17.6. The molecule has 0 spiro atoms. The molecule has 2 aromatic rings. The van der Waals surface area contributed by atoms with E-state index in [1.165, 1.54) is 11.1 Å². The van der Waals surface area contributed by atoms with Gasteiger partial charge in [-0.2, -0.15) is 0 Å². The van der Waals surface area contributed by atoms with Gasteiger partial charge in [0.15, 0.2) is 12.4 Å². The molecule has 5 nitrogen and oxygen atoms in total. The van der Waals surface area contributed by atoms with Crippen molar-refractivity contribution in [1.29, 1.82) is 0 Å². The largest absolute Gasteiger partial charge is 0.457 e. The molecule has 3 rings (SSSR count). The number of Topliss-reactive ketones (excluding diaryl/α,β-unsaturated/α-hetero) is 1. The van der Waals surface area contributed by atoms with Gasteiger partial charge in [-0.3, -0.25) is 14.4 Å². The van der Waals surface area contributed by atoms with Crippen molar-refractivity contribution in [1.82, 2.24) is 0 Å². The lowest BCUT2D eigenvalue weighted by Gasteiger charge is -2.15. The highest BCUT2D eigenvalue weighted by atomic mass is 32.2. The van der Waals surface area contributed by atoms with E-state index in [1.54, 1.807) is 40.9 Å². The summed E-state index contributed by atoms with van der Waals surface area (Å²) in [7, 11) is 0. The van der Waals surface area contributed by atoms with E-state index in [1.807, 2.05) is 6.07 Å². The fraction of sp³-hybridized carbons (Fsp3) is 0.348. The summed E-state index contributed by atoms with van der Waals surface area (Å²) in [6.45, 7) is 4.57. The Labute approximate surface area is 175 Å². The smallest absolute Gasteiger partial charge is 0.307 e. The summed E-state index contributed by atoms with van der Waals surface area (Å²) in [5.41, 5.74) is 3.73. The van der Waals surface area contributed by atoms with E-state index >= 15 is 0 Å². The summed E-state index contributed by atoms with van der Waals surface area (Å²) >= 11 is 1.60. The van der Waals surface area contributed by atoms with Crippen LogP contribution in [0.15, 0.2) is 47.4 Å². The van der Waals surface area contributed by atoms with Gasteiger partial charge in [0.2, 0.25) is 5.91 Å². The first kappa shape index (κ1) is 21.1. The van der Waals surface area contributed by atoms with E-state index in [4.69, 9.17) is 4.74 Å². The summed E-state index contributed by atoms with van der Waals surface area (Å²) in [6, 6.07) is 13.1. The molecule has 152 valence electrons. The summed E-state index contributed by atoms with van der Waals surface area (Å²) in [5.74, 6) is 0.0822. The third kappa shape index (κ3) is 5.70. The van der Waals surface area contributed by atoms with Crippen LogP contribution < -0.4 is 4.90 Å². The molecule has 2 aromatic carbocycles. The predicted octanol–water partition coefficient (Wildman–Crippen LogP) is 4.34. The Hall–Kier alpha value is -2.60. The number of thioether (sulfide) groups is 1. The molecule has 0 N–H and O–H groups in total. The molecule has 1 aliphatic rings. The Morgan fingerprint density at radius 2 is 1.83 bits per heavy atom. The first-order valence-corrected chi connectivity index (χ1v) is 10.7. The van der Waals surface area contributed by atoms with Gasteiger partial charge < -0.3 is 9.64 Å². The molecule has 0 radical (unpaired) electrons. The zero-order valence-electron chi connectivity index (χ0n) is 16.8. The van der Waals surface area contributed by atoms with Gasteiger partial charge in [-0.15, -0.1) is 11.8 Å². The minimum absolute atomic E-state index is 0.108. The Balaban J connectivity index is 1.42. The van der Waals surface area contributed by atoms with Crippen molar-refractivity contribution in [3.63, 3.8) is 0 Å². The molecule has 1 saturated heterocycles. The number of ether oxygens (including phenoxy) is 1. The fourth-order valence-corrected chi connectivity index (χ4v) is 4.03. The lowest BCUT2D eigenvalue weighted by atomic mass is 10.1. The van der Waals surface area contributed by atoms with E-state index < -0.39 is 0 Å². The minimum Gasteiger partial charge on any atom is -0.457 e. The Morgan fingerprint density at radius 1 is 1.07 bits per heavy atom. The minimum atomic E-state index is -0.381. The monoisotopic (exact) mass is 411 g/mol. The number of benzene rings is 2. The molecular weight excluding hydrogens is 386 g/mol. The van der Waals surface area contributed by atoms with Crippen molar-refractivity contribution in [2.45, 2.75) is 38.0 Å². The van der Waals surface area contributed by atoms with Crippen LogP contribution in [-0.2, 0) is 14.3 Å². The van der Waals surface area contributed by atoms with Crippen molar-refractivity contribution in [2.75, 3.05) is 23.8 Å². The van der Waals surface area contributed by atoms with Crippen LogP contribution in [0.5, 0.6) is 0 Å². The first-order valence-electron chi connectivity index (χ1n) is 9.73. The van der Waals surface area contributed by atoms with Crippen LogP contribution in [0.25, 0.3) is 0 Å². The van der Waals surface area contributed by atoms with Crippen LogP contribution in [0, 0.1) is 13.8 Å². The number of carbonyl (C=O) groups excluding carboxylic acids is 3. The molecule has 1 fully saturated rings. The summed E-state index contributed by atoms with van der Waals surface area (Å²) in [6.07, 6.45) is 1.68. The van der Waals surface area contributed by atoms with Gasteiger partial charge in [0.1, 0.15) is 0 Å². The van der Waals surface area contributed by atoms with Crippen molar-refractivity contribution in [3.05, 3.63) is 59.2 Å². The topological polar surface area (TPSA) is 63.7 Å². The molecule has 6 heteroatoms. The third-order valence-corrected chi connectivity index (χ3v) is 5.99. The van der Waals surface area contributed by atoms with Crippen LogP contribution in [0.2, 0.25) is 0 Å². The van der Waals surface area contributed by atoms with Gasteiger partial charge in [-0.05, 0) is 67.8 Å². The number of nitrogens with zero attached hydrogens (tertiary/aromatic N) is 1. The normalized spacial score (nSPS) is 13.6. The van der Waals surface area contributed by atoms with Gasteiger partial charge >= 0.3 is 5.97 Å². The second-order valence-electron chi connectivity index (χ2n) is 7.12. The predicted molar refractivity (Wildman–Crippen MR) is 115 cm³/mol. The fourth-order valence-electron chi connectivity index (χ4n) is 3.11. The summed E-state index contributed by atoms with van der Waals surface area (Å²) in [5, 5.41) is 0. The third-order valence-electron chi connectivity index (χ3n) is 4.99. The average molecular weight is 412 g/mol. The lowest BCUT2D eigenvalue weighted by molar-refractivity contribution is -0.142. The maximum atomic E-state index is 12.2. The maximum Gasteiger partial charge on any atom is 0.307 e. The van der Waals surface area contributed by atoms with Gasteiger partial charge in [0.25, 0.3) is 0 Å². The van der Waals surface area contributed by atoms with Crippen molar-refractivity contribution in [3.8, 4) is 0 Å². The highest BCUT2D eigenvalue weighted by Gasteiger charge is 2.21. The number of hydrogen-bond donors (Lipinski definition) is 0. The van der Waals surface area contributed by atoms with E-state index in [9.17, 15) is 14.4 Å². The highest BCUT2D eigenvalue weighted by Crippen LogP contribution is 2.23. The molecular formula is C23H25NO4S. The molecule has 1 amide bonds. The summed E-state index contributed by atoms with van der Waals surface area (Å²) in [4.78, 5) is 38.8. The molecule has 0 aliphatic carbocycles. The van der Waals surface area contributed by atoms with E-state index in [0.29, 0.717) is 24.3 Å². The SMILES string of the molecule is Cc1ccc(SCCC(=O)OCC(=O)c2ccc(N3CCCC3=O)cc2)cc1C. The second kappa shape index (κ2) is 9.74. The molecule has 1 heterocycles. The Kier molecular flexibility index (Phi) is 7.09. The maximum absolute atomic E-state index is 12.2. The average Bonchev–Trinajstić information content (AvgIpc) is 3.15. The van der Waals surface area contributed by atoms with Crippen LogP contribution in [0.3, 0.4) is 0 Å². The highest BCUT2D eigenvalue weighted by molar-refractivity contribution is 7.99. The number of rotatable bonds is 8. The van der Waals surface area contributed by atoms with Crippen LogP contribution in [0.1, 0.15) is 40.7 Å². The van der Waals surface area contributed by atoms with Gasteiger partial charge in [0.05, 0.1) is 6.42 Å². The molecule has 0 atom stereocenters. The second-order valence-corrected chi connectivity index (χ2v) is 8.29. The quantitative estimate of drug-likeness (QED) is 0.367. The number of carbonyl (C=O) groups is 3. The van der Waals surface area contributed by atoms with E-state index in [2.05, 4.69) is 26.0 Å². The van der Waals surface area contributed by atoms with E-state index in [0.717, 1.165) is 17.0 Å². The van der Waals surface area contributed by atoms with Crippen LogP contribution in [0.4, 0.5) is 5.69 Å². The molecule has 0 bridgehead atoms. The molecule has 0 unspecified atom stereocenters. The van der Waals surface area contributed by atoms with Gasteiger partial charge in [0, 0.05) is 34.9 Å². The van der Waals surface area contributed by atoms with Crippen molar-refractivity contribution < 1.29 is 19.1 Å².